The van der Waals surface area contributed by atoms with Crippen LogP contribution in [0, 0.1) is 0 Å². The average Bonchev–Trinajstić information content (AvgIpc) is 3.21. The highest BCUT2D eigenvalue weighted by molar-refractivity contribution is 7.99. The normalized spacial score (nSPS) is 11.1. The van der Waals surface area contributed by atoms with Crippen LogP contribution in [0.3, 0.4) is 0 Å². The third-order valence-electron chi connectivity index (χ3n) is 4.28. The first-order valence-corrected chi connectivity index (χ1v) is 9.96. The Kier molecular flexibility index (Phi) is 6.89. The highest BCUT2D eigenvalue weighted by Crippen LogP contribution is 2.19. The number of para-hydroxylation sites is 1. The van der Waals surface area contributed by atoms with Crippen molar-refractivity contribution in [3.8, 4) is 0 Å². The summed E-state index contributed by atoms with van der Waals surface area (Å²) < 4.78 is 12.0. The van der Waals surface area contributed by atoms with Gasteiger partial charge in [0.25, 0.3) is 5.56 Å². The second kappa shape index (κ2) is 9.57. The fourth-order valence-electron chi connectivity index (χ4n) is 2.78. The second-order valence-corrected chi connectivity index (χ2v) is 7.28. The molecule has 148 valence electrons. The number of methoxy groups -OCH3 is 1. The molecule has 0 unspecified atom stereocenters. The molecule has 28 heavy (non-hydrogen) atoms. The highest BCUT2D eigenvalue weighted by atomic mass is 32.2. The number of furan rings is 1. The molecule has 0 spiro atoms. The Labute approximate surface area is 167 Å². The van der Waals surface area contributed by atoms with Crippen molar-refractivity contribution in [3.63, 3.8) is 0 Å². The number of rotatable bonds is 9. The maximum absolute atomic E-state index is 12.9. The number of benzene rings is 1. The van der Waals surface area contributed by atoms with Crippen molar-refractivity contribution < 1.29 is 13.9 Å². The summed E-state index contributed by atoms with van der Waals surface area (Å²) in [5.41, 5.74) is 0.537. The average molecular weight is 401 g/mol. The zero-order valence-corrected chi connectivity index (χ0v) is 16.8. The number of hydrogen-bond acceptors (Lipinski definition) is 6. The van der Waals surface area contributed by atoms with E-state index in [0.29, 0.717) is 42.2 Å². The summed E-state index contributed by atoms with van der Waals surface area (Å²) >= 11 is 1.27. The predicted octanol–water partition coefficient (Wildman–Crippen LogP) is 2.78. The molecule has 0 fully saturated rings. The van der Waals surface area contributed by atoms with E-state index >= 15 is 0 Å². The SMILES string of the molecule is COCCCn1c(SCC(=O)N(C)Cc2ccco2)nc2ccccc2c1=O. The lowest BCUT2D eigenvalue weighted by atomic mass is 10.2. The number of carbonyl (C=O) groups excluding carboxylic acids is 1. The van der Waals surface area contributed by atoms with Gasteiger partial charge in [0.05, 0.1) is 29.5 Å². The summed E-state index contributed by atoms with van der Waals surface area (Å²) in [4.78, 5) is 31.6. The van der Waals surface area contributed by atoms with Crippen LogP contribution in [-0.4, -0.2) is 46.9 Å². The van der Waals surface area contributed by atoms with E-state index < -0.39 is 0 Å². The number of hydrogen-bond donors (Lipinski definition) is 0. The van der Waals surface area contributed by atoms with Gasteiger partial charge >= 0.3 is 0 Å². The lowest BCUT2D eigenvalue weighted by molar-refractivity contribution is -0.127. The molecule has 1 amide bonds. The van der Waals surface area contributed by atoms with Crippen LogP contribution >= 0.6 is 11.8 Å². The van der Waals surface area contributed by atoms with Gasteiger partial charge in [0, 0.05) is 27.3 Å². The first kappa shape index (κ1) is 20.2. The molecule has 2 aromatic heterocycles. The number of amides is 1. The summed E-state index contributed by atoms with van der Waals surface area (Å²) in [6.07, 6.45) is 2.27. The molecule has 1 aromatic carbocycles. The highest BCUT2D eigenvalue weighted by Gasteiger charge is 2.15. The minimum absolute atomic E-state index is 0.0627. The fourth-order valence-corrected chi connectivity index (χ4v) is 3.75. The lowest BCUT2D eigenvalue weighted by Gasteiger charge is -2.17. The molecule has 0 N–H and O–H groups in total. The van der Waals surface area contributed by atoms with E-state index in [1.165, 1.54) is 11.8 Å². The standard InChI is InChI=1S/C20H23N3O4S/c1-22(13-15-7-5-12-27-15)18(24)14-28-20-21-17-9-4-3-8-16(17)19(25)23(20)10-6-11-26-2/h3-5,7-9,12H,6,10-11,13-14H2,1-2H3. The molecule has 3 rings (SSSR count). The van der Waals surface area contributed by atoms with Crippen molar-refractivity contribution >= 4 is 28.6 Å². The molecular formula is C20H23N3O4S. The number of nitrogens with zero attached hydrogens (tertiary/aromatic N) is 3. The van der Waals surface area contributed by atoms with Gasteiger partial charge in [0.15, 0.2) is 5.16 Å². The van der Waals surface area contributed by atoms with Crippen LogP contribution in [0.1, 0.15) is 12.2 Å². The van der Waals surface area contributed by atoms with Crippen LogP contribution in [0.2, 0.25) is 0 Å². The van der Waals surface area contributed by atoms with Gasteiger partial charge in [-0.1, -0.05) is 23.9 Å². The molecule has 7 nitrogen and oxygen atoms in total. The summed E-state index contributed by atoms with van der Waals surface area (Å²) in [5, 5.41) is 1.12. The molecule has 0 saturated carbocycles. The van der Waals surface area contributed by atoms with Gasteiger partial charge in [-0.3, -0.25) is 14.2 Å². The molecule has 0 aliphatic carbocycles. The number of fused-ring (bicyclic) bond motifs is 1. The Hall–Kier alpha value is -2.58. The van der Waals surface area contributed by atoms with Gasteiger partial charge in [0.2, 0.25) is 5.91 Å². The van der Waals surface area contributed by atoms with Crippen molar-refractivity contribution in [2.45, 2.75) is 24.7 Å². The number of thioether (sulfide) groups is 1. The van der Waals surface area contributed by atoms with Crippen LogP contribution in [0.15, 0.2) is 57.0 Å². The maximum atomic E-state index is 12.9. The zero-order valence-electron chi connectivity index (χ0n) is 16.0. The molecule has 8 heteroatoms. The van der Waals surface area contributed by atoms with Gasteiger partial charge in [-0.05, 0) is 30.7 Å². The number of aromatic nitrogens is 2. The Balaban J connectivity index is 1.77. The molecule has 3 aromatic rings. The minimum atomic E-state index is -0.0967. The Bertz CT molecular complexity index is 985. The summed E-state index contributed by atoms with van der Waals surface area (Å²) in [7, 11) is 3.36. The molecule has 0 aliphatic heterocycles. The van der Waals surface area contributed by atoms with E-state index in [2.05, 4.69) is 4.98 Å². The van der Waals surface area contributed by atoms with Gasteiger partial charge in [-0.15, -0.1) is 0 Å². The summed E-state index contributed by atoms with van der Waals surface area (Å²) in [6, 6.07) is 10.9. The smallest absolute Gasteiger partial charge is 0.262 e. The third kappa shape index (κ3) is 4.82. The topological polar surface area (TPSA) is 77.6 Å². The largest absolute Gasteiger partial charge is 0.467 e. The minimum Gasteiger partial charge on any atom is -0.467 e. The Morgan fingerprint density at radius 3 is 2.86 bits per heavy atom. The quantitative estimate of drug-likeness (QED) is 0.312. The van der Waals surface area contributed by atoms with Gasteiger partial charge in [-0.2, -0.15) is 0 Å². The van der Waals surface area contributed by atoms with E-state index in [1.807, 2.05) is 24.3 Å². The maximum Gasteiger partial charge on any atom is 0.262 e. The monoisotopic (exact) mass is 401 g/mol. The summed E-state index contributed by atoms with van der Waals surface area (Å²) in [6.45, 7) is 1.44. The van der Waals surface area contributed by atoms with E-state index in [1.54, 1.807) is 42.0 Å². The van der Waals surface area contributed by atoms with Crippen LogP contribution in [-0.2, 0) is 22.6 Å². The van der Waals surface area contributed by atoms with E-state index in [-0.39, 0.29) is 17.2 Å². The number of carbonyl (C=O) groups is 1. The Morgan fingerprint density at radius 1 is 1.29 bits per heavy atom. The van der Waals surface area contributed by atoms with Crippen LogP contribution in [0.4, 0.5) is 0 Å². The van der Waals surface area contributed by atoms with Crippen LogP contribution in [0.25, 0.3) is 10.9 Å². The lowest BCUT2D eigenvalue weighted by Crippen LogP contribution is -2.29. The van der Waals surface area contributed by atoms with E-state index in [9.17, 15) is 9.59 Å². The Morgan fingerprint density at radius 2 is 2.11 bits per heavy atom. The van der Waals surface area contributed by atoms with Crippen molar-refractivity contribution in [2.24, 2.45) is 0 Å². The van der Waals surface area contributed by atoms with Crippen LogP contribution < -0.4 is 5.56 Å². The zero-order chi connectivity index (χ0) is 19.9. The first-order chi connectivity index (χ1) is 13.6. The molecule has 0 bridgehead atoms. The predicted molar refractivity (Wildman–Crippen MR) is 108 cm³/mol. The molecule has 2 heterocycles. The second-order valence-electron chi connectivity index (χ2n) is 6.33. The fraction of sp³-hybridized carbons (Fsp3) is 0.350. The third-order valence-corrected chi connectivity index (χ3v) is 5.24. The first-order valence-electron chi connectivity index (χ1n) is 8.98. The molecule has 0 saturated heterocycles. The molecular weight excluding hydrogens is 378 g/mol. The van der Waals surface area contributed by atoms with E-state index in [4.69, 9.17) is 9.15 Å². The van der Waals surface area contributed by atoms with Crippen LogP contribution in [0.5, 0.6) is 0 Å². The number of ether oxygens (including phenoxy) is 1. The van der Waals surface area contributed by atoms with Crippen molar-refractivity contribution in [1.82, 2.24) is 14.5 Å². The molecule has 0 atom stereocenters. The molecule has 0 aliphatic rings. The van der Waals surface area contributed by atoms with Gasteiger partial charge in [-0.25, -0.2) is 4.98 Å². The summed E-state index contributed by atoms with van der Waals surface area (Å²) in [5.74, 6) is 0.847. The molecule has 0 radical (unpaired) electrons. The van der Waals surface area contributed by atoms with Crippen molar-refractivity contribution in [3.05, 3.63) is 58.8 Å². The van der Waals surface area contributed by atoms with Crippen molar-refractivity contribution in [1.29, 1.82) is 0 Å². The van der Waals surface area contributed by atoms with Gasteiger partial charge < -0.3 is 14.1 Å². The van der Waals surface area contributed by atoms with Gasteiger partial charge in [0.1, 0.15) is 5.76 Å². The van der Waals surface area contributed by atoms with E-state index in [0.717, 1.165) is 5.76 Å². The van der Waals surface area contributed by atoms with Crippen molar-refractivity contribution in [2.75, 3.05) is 26.5 Å².